The third-order valence-electron chi connectivity index (χ3n) is 2.27. The lowest BCUT2D eigenvalue weighted by Gasteiger charge is -2.09. The van der Waals surface area contributed by atoms with Gasteiger partial charge in [0, 0.05) is 5.69 Å². The van der Waals surface area contributed by atoms with Crippen LogP contribution in [0.2, 0.25) is 0 Å². The van der Waals surface area contributed by atoms with E-state index in [0.29, 0.717) is 11.6 Å². The molecular weight excluding hydrogens is 165 g/mol. The molecule has 0 radical (unpaired) electrons. The minimum Gasteiger partial charge on any atom is -0.255 e. The molecule has 13 heavy (non-hydrogen) atoms. The minimum atomic E-state index is -0.215. The molecule has 1 unspecified atom stereocenters. The van der Waals surface area contributed by atoms with E-state index < -0.39 is 0 Å². The molecule has 0 amide bonds. The first-order valence-electron chi connectivity index (χ1n) is 4.78. The standard InChI is InChI=1S/C11H16FN/c1-4-5-8(2)11-7-6-10(12)9(3)13-11/h6-8H,4-5H2,1-3H3. The molecule has 0 spiro atoms. The summed E-state index contributed by atoms with van der Waals surface area (Å²) >= 11 is 0. The summed E-state index contributed by atoms with van der Waals surface area (Å²) in [4.78, 5) is 4.22. The molecule has 1 rings (SSSR count). The molecule has 0 aliphatic heterocycles. The van der Waals surface area contributed by atoms with E-state index in [0.717, 1.165) is 18.5 Å². The lowest BCUT2D eigenvalue weighted by Crippen LogP contribution is -1.99. The van der Waals surface area contributed by atoms with Crippen LogP contribution in [0.1, 0.15) is 44.0 Å². The summed E-state index contributed by atoms with van der Waals surface area (Å²) in [6.45, 7) is 5.98. The van der Waals surface area contributed by atoms with Crippen molar-refractivity contribution in [3.8, 4) is 0 Å². The molecule has 0 bridgehead atoms. The minimum absolute atomic E-state index is 0.215. The quantitative estimate of drug-likeness (QED) is 0.696. The first-order valence-corrected chi connectivity index (χ1v) is 4.78. The number of hydrogen-bond acceptors (Lipinski definition) is 1. The predicted octanol–water partition coefficient (Wildman–Crippen LogP) is 3.43. The summed E-state index contributed by atoms with van der Waals surface area (Å²) in [5, 5.41) is 0. The Bertz CT molecular complexity index is 283. The fourth-order valence-corrected chi connectivity index (χ4v) is 1.42. The fraction of sp³-hybridized carbons (Fsp3) is 0.545. The Morgan fingerprint density at radius 1 is 1.46 bits per heavy atom. The van der Waals surface area contributed by atoms with E-state index >= 15 is 0 Å². The molecule has 0 aromatic carbocycles. The molecule has 1 heterocycles. The molecule has 0 aliphatic rings. The van der Waals surface area contributed by atoms with E-state index in [4.69, 9.17) is 0 Å². The Kier molecular flexibility index (Phi) is 3.40. The van der Waals surface area contributed by atoms with Crippen molar-refractivity contribution in [2.24, 2.45) is 0 Å². The summed E-state index contributed by atoms with van der Waals surface area (Å²) in [6, 6.07) is 3.28. The van der Waals surface area contributed by atoms with E-state index in [1.54, 1.807) is 13.0 Å². The van der Waals surface area contributed by atoms with Gasteiger partial charge in [-0.15, -0.1) is 0 Å². The Morgan fingerprint density at radius 3 is 2.69 bits per heavy atom. The van der Waals surface area contributed by atoms with E-state index in [9.17, 15) is 4.39 Å². The highest BCUT2D eigenvalue weighted by Gasteiger charge is 2.07. The maximum absolute atomic E-state index is 12.9. The van der Waals surface area contributed by atoms with Crippen molar-refractivity contribution in [3.63, 3.8) is 0 Å². The lowest BCUT2D eigenvalue weighted by atomic mass is 10.0. The average Bonchev–Trinajstić information content (AvgIpc) is 2.10. The van der Waals surface area contributed by atoms with Gasteiger partial charge in [-0.3, -0.25) is 4.98 Å². The first-order chi connectivity index (χ1) is 6.15. The highest BCUT2D eigenvalue weighted by atomic mass is 19.1. The van der Waals surface area contributed by atoms with Crippen molar-refractivity contribution in [2.45, 2.75) is 39.5 Å². The Labute approximate surface area is 79.0 Å². The van der Waals surface area contributed by atoms with Crippen LogP contribution in [0.4, 0.5) is 4.39 Å². The van der Waals surface area contributed by atoms with Crippen LogP contribution in [0, 0.1) is 12.7 Å². The second-order valence-electron chi connectivity index (χ2n) is 3.49. The van der Waals surface area contributed by atoms with Gasteiger partial charge in [0.2, 0.25) is 0 Å². The lowest BCUT2D eigenvalue weighted by molar-refractivity contribution is 0.594. The van der Waals surface area contributed by atoms with Crippen LogP contribution < -0.4 is 0 Å². The summed E-state index contributed by atoms with van der Waals surface area (Å²) in [5.41, 5.74) is 1.50. The van der Waals surface area contributed by atoms with Gasteiger partial charge in [-0.1, -0.05) is 20.3 Å². The summed E-state index contributed by atoms with van der Waals surface area (Å²) in [6.07, 6.45) is 2.25. The maximum Gasteiger partial charge on any atom is 0.144 e. The fourth-order valence-electron chi connectivity index (χ4n) is 1.42. The molecule has 0 aliphatic carbocycles. The van der Waals surface area contributed by atoms with Crippen LogP contribution >= 0.6 is 0 Å². The molecule has 0 fully saturated rings. The number of aryl methyl sites for hydroxylation is 1. The van der Waals surface area contributed by atoms with Crippen molar-refractivity contribution in [3.05, 3.63) is 29.3 Å². The second kappa shape index (κ2) is 4.35. The number of rotatable bonds is 3. The summed E-state index contributed by atoms with van der Waals surface area (Å²) in [5.74, 6) is 0.219. The zero-order valence-electron chi connectivity index (χ0n) is 8.47. The molecule has 1 nitrogen and oxygen atoms in total. The van der Waals surface area contributed by atoms with Crippen LogP contribution in [0.15, 0.2) is 12.1 Å². The second-order valence-corrected chi connectivity index (χ2v) is 3.49. The van der Waals surface area contributed by atoms with Crippen LogP contribution in [-0.4, -0.2) is 4.98 Å². The third-order valence-corrected chi connectivity index (χ3v) is 2.27. The predicted molar refractivity (Wildman–Crippen MR) is 52.3 cm³/mol. The Balaban J connectivity index is 2.84. The van der Waals surface area contributed by atoms with Gasteiger partial charge in [0.05, 0.1) is 5.69 Å². The van der Waals surface area contributed by atoms with Gasteiger partial charge in [0.25, 0.3) is 0 Å². The number of pyridine rings is 1. The van der Waals surface area contributed by atoms with Gasteiger partial charge in [-0.25, -0.2) is 4.39 Å². The van der Waals surface area contributed by atoms with Crippen LogP contribution in [0.25, 0.3) is 0 Å². The Hall–Kier alpha value is -0.920. The molecule has 0 saturated carbocycles. The molecule has 0 saturated heterocycles. The first kappa shape index (κ1) is 10.2. The normalized spacial score (nSPS) is 12.9. The molecule has 1 aromatic heterocycles. The van der Waals surface area contributed by atoms with E-state index in [1.807, 2.05) is 0 Å². The van der Waals surface area contributed by atoms with Crippen molar-refractivity contribution >= 4 is 0 Å². The van der Waals surface area contributed by atoms with E-state index in [2.05, 4.69) is 18.8 Å². The third kappa shape index (κ3) is 2.51. The molecular formula is C11H16FN. The van der Waals surface area contributed by atoms with Gasteiger partial charge in [0.15, 0.2) is 0 Å². The van der Waals surface area contributed by atoms with Crippen LogP contribution in [0.3, 0.4) is 0 Å². The number of hydrogen-bond donors (Lipinski definition) is 0. The van der Waals surface area contributed by atoms with Crippen molar-refractivity contribution in [1.82, 2.24) is 4.98 Å². The van der Waals surface area contributed by atoms with E-state index in [-0.39, 0.29) is 5.82 Å². The highest BCUT2D eigenvalue weighted by molar-refractivity contribution is 5.15. The highest BCUT2D eigenvalue weighted by Crippen LogP contribution is 2.19. The zero-order chi connectivity index (χ0) is 9.84. The topological polar surface area (TPSA) is 12.9 Å². The van der Waals surface area contributed by atoms with Gasteiger partial charge in [-0.2, -0.15) is 0 Å². The molecule has 2 heteroatoms. The number of aromatic nitrogens is 1. The van der Waals surface area contributed by atoms with Gasteiger partial charge in [0.1, 0.15) is 5.82 Å². The van der Waals surface area contributed by atoms with Crippen molar-refractivity contribution in [2.75, 3.05) is 0 Å². The molecule has 72 valence electrons. The molecule has 1 aromatic rings. The van der Waals surface area contributed by atoms with Crippen molar-refractivity contribution < 1.29 is 4.39 Å². The van der Waals surface area contributed by atoms with Gasteiger partial charge in [-0.05, 0) is 31.4 Å². The van der Waals surface area contributed by atoms with Crippen LogP contribution in [-0.2, 0) is 0 Å². The van der Waals surface area contributed by atoms with Crippen molar-refractivity contribution in [1.29, 1.82) is 0 Å². The van der Waals surface area contributed by atoms with Gasteiger partial charge >= 0.3 is 0 Å². The average molecular weight is 181 g/mol. The number of nitrogens with zero attached hydrogens (tertiary/aromatic N) is 1. The maximum atomic E-state index is 12.9. The summed E-state index contributed by atoms with van der Waals surface area (Å²) in [7, 11) is 0. The van der Waals surface area contributed by atoms with Gasteiger partial charge < -0.3 is 0 Å². The van der Waals surface area contributed by atoms with E-state index in [1.165, 1.54) is 6.07 Å². The summed E-state index contributed by atoms with van der Waals surface area (Å²) < 4.78 is 12.9. The number of halogens is 1. The zero-order valence-corrected chi connectivity index (χ0v) is 8.47. The Morgan fingerprint density at radius 2 is 2.15 bits per heavy atom. The smallest absolute Gasteiger partial charge is 0.144 e. The van der Waals surface area contributed by atoms with Crippen LogP contribution in [0.5, 0.6) is 0 Å². The monoisotopic (exact) mass is 181 g/mol. The molecule has 1 atom stereocenters. The molecule has 0 N–H and O–H groups in total. The SMILES string of the molecule is CCCC(C)c1ccc(F)c(C)n1. The largest absolute Gasteiger partial charge is 0.255 e.